The third-order valence-corrected chi connectivity index (χ3v) is 4.75. The summed E-state index contributed by atoms with van der Waals surface area (Å²) in [6.07, 6.45) is 0. The number of aliphatic imine (C=N–C) groups is 1. The molecular formula is C19H28IN3O2S. The molecule has 5 nitrogen and oxygen atoms in total. The van der Waals surface area contributed by atoms with Crippen molar-refractivity contribution >= 4 is 41.3 Å². The van der Waals surface area contributed by atoms with Crippen molar-refractivity contribution in [3.63, 3.8) is 0 Å². The van der Waals surface area contributed by atoms with Gasteiger partial charge in [0.15, 0.2) is 5.96 Å². The molecule has 0 fully saturated rings. The van der Waals surface area contributed by atoms with Gasteiger partial charge in [-0.1, -0.05) is 18.2 Å². The zero-order valence-electron chi connectivity index (χ0n) is 15.5. The van der Waals surface area contributed by atoms with Crippen LogP contribution in [0.3, 0.4) is 0 Å². The number of hydrogen-bond acceptors (Lipinski definition) is 4. The van der Waals surface area contributed by atoms with Crippen molar-refractivity contribution < 1.29 is 9.84 Å². The Kier molecular flexibility index (Phi) is 9.97. The van der Waals surface area contributed by atoms with Gasteiger partial charge in [0.1, 0.15) is 11.4 Å². The van der Waals surface area contributed by atoms with E-state index in [-0.39, 0.29) is 24.0 Å². The molecule has 0 radical (unpaired) electrons. The Bertz CT molecular complexity index is 675. The molecule has 7 heteroatoms. The molecule has 0 aliphatic carbocycles. The van der Waals surface area contributed by atoms with Crippen molar-refractivity contribution in [2.75, 3.05) is 19.7 Å². The van der Waals surface area contributed by atoms with Crippen LogP contribution in [-0.2, 0) is 12.1 Å². The van der Waals surface area contributed by atoms with E-state index in [2.05, 4.69) is 15.6 Å². The Balaban J connectivity index is 0.00000338. The van der Waals surface area contributed by atoms with Crippen molar-refractivity contribution in [1.82, 2.24) is 10.6 Å². The van der Waals surface area contributed by atoms with Gasteiger partial charge in [-0.3, -0.25) is 0 Å². The zero-order valence-corrected chi connectivity index (χ0v) is 18.6. The summed E-state index contributed by atoms with van der Waals surface area (Å²) in [5, 5.41) is 19.0. The lowest BCUT2D eigenvalue weighted by molar-refractivity contribution is 0.0655. The summed E-state index contributed by atoms with van der Waals surface area (Å²) in [5.74, 6) is 1.54. The first-order chi connectivity index (χ1) is 12.0. The Hall–Kier alpha value is -1.32. The molecule has 0 saturated carbocycles. The van der Waals surface area contributed by atoms with Gasteiger partial charge in [-0.2, -0.15) is 0 Å². The van der Waals surface area contributed by atoms with E-state index < -0.39 is 5.60 Å². The standard InChI is InChI=1S/C19H27N3O2S.HI/c1-4-20-18(22-14-19(3,23)17-10-7-11-25-17)21-13-15-8-6-9-16(12-15)24-5-2;/h6-12,23H,4-5,13-14H2,1-3H3,(H2,20,21,22);1H. The number of halogens is 1. The highest BCUT2D eigenvalue weighted by molar-refractivity contribution is 14.0. The van der Waals surface area contributed by atoms with Crippen molar-refractivity contribution in [1.29, 1.82) is 0 Å². The third kappa shape index (κ3) is 7.13. The lowest BCUT2D eigenvalue weighted by atomic mass is 10.1. The summed E-state index contributed by atoms with van der Waals surface area (Å²) in [6, 6.07) is 11.8. The molecule has 2 aromatic rings. The van der Waals surface area contributed by atoms with E-state index in [0.717, 1.165) is 22.7 Å². The van der Waals surface area contributed by atoms with E-state index >= 15 is 0 Å². The van der Waals surface area contributed by atoms with Gasteiger partial charge in [0, 0.05) is 11.4 Å². The smallest absolute Gasteiger partial charge is 0.191 e. The SMILES string of the molecule is CCNC(=NCc1cccc(OCC)c1)NCC(C)(O)c1cccs1.I. The predicted octanol–water partition coefficient (Wildman–Crippen LogP) is 3.73. The van der Waals surface area contributed by atoms with E-state index in [1.165, 1.54) is 0 Å². The molecule has 3 N–H and O–H groups in total. The minimum atomic E-state index is -0.931. The Morgan fingerprint density at radius 1 is 1.23 bits per heavy atom. The first-order valence-corrected chi connectivity index (χ1v) is 9.43. The molecule has 0 saturated heterocycles. The molecule has 0 aliphatic rings. The van der Waals surface area contributed by atoms with Gasteiger partial charge >= 0.3 is 0 Å². The van der Waals surface area contributed by atoms with E-state index in [1.54, 1.807) is 18.3 Å². The number of benzene rings is 1. The van der Waals surface area contributed by atoms with Crippen LogP contribution < -0.4 is 15.4 Å². The summed E-state index contributed by atoms with van der Waals surface area (Å²) in [5.41, 5.74) is 0.146. The zero-order chi connectivity index (χ0) is 18.1. The molecule has 0 bridgehead atoms. The molecule has 1 atom stereocenters. The van der Waals surface area contributed by atoms with Crippen LogP contribution in [0.1, 0.15) is 31.2 Å². The lowest BCUT2D eigenvalue weighted by Gasteiger charge is -2.23. The van der Waals surface area contributed by atoms with Crippen LogP contribution in [0.4, 0.5) is 0 Å². The average Bonchev–Trinajstić information content (AvgIpc) is 3.14. The second-order valence-electron chi connectivity index (χ2n) is 5.88. The molecular weight excluding hydrogens is 461 g/mol. The highest BCUT2D eigenvalue weighted by Crippen LogP contribution is 2.24. The van der Waals surface area contributed by atoms with E-state index in [0.29, 0.717) is 25.7 Å². The van der Waals surface area contributed by atoms with Gasteiger partial charge < -0.3 is 20.5 Å². The van der Waals surface area contributed by atoms with Crippen molar-refractivity contribution in [2.24, 2.45) is 4.99 Å². The average molecular weight is 489 g/mol. The number of nitrogens with one attached hydrogen (secondary N) is 2. The van der Waals surface area contributed by atoms with Crippen LogP contribution >= 0.6 is 35.3 Å². The fourth-order valence-corrected chi connectivity index (χ4v) is 3.13. The number of hydrogen-bond donors (Lipinski definition) is 3. The minimum absolute atomic E-state index is 0. The molecule has 1 aromatic carbocycles. The molecule has 1 heterocycles. The van der Waals surface area contributed by atoms with Crippen LogP contribution in [0, 0.1) is 0 Å². The van der Waals surface area contributed by atoms with Gasteiger partial charge in [0.25, 0.3) is 0 Å². The Morgan fingerprint density at radius 2 is 2.04 bits per heavy atom. The van der Waals surface area contributed by atoms with Gasteiger partial charge in [-0.15, -0.1) is 35.3 Å². The number of guanidine groups is 1. The third-order valence-electron chi connectivity index (χ3n) is 3.63. The van der Waals surface area contributed by atoms with E-state index in [4.69, 9.17) is 4.74 Å². The van der Waals surface area contributed by atoms with Gasteiger partial charge in [-0.25, -0.2) is 4.99 Å². The van der Waals surface area contributed by atoms with E-state index in [1.807, 2.05) is 55.6 Å². The highest BCUT2D eigenvalue weighted by Gasteiger charge is 2.24. The summed E-state index contributed by atoms with van der Waals surface area (Å²) in [7, 11) is 0. The van der Waals surface area contributed by atoms with E-state index in [9.17, 15) is 5.11 Å². The monoisotopic (exact) mass is 489 g/mol. The van der Waals surface area contributed by atoms with Crippen LogP contribution in [0.5, 0.6) is 5.75 Å². The number of aliphatic hydroxyl groups is 1. The molecule has 1 aromatic heterocycles. The maximum atomic E-state index is 10.6. The maximum absolute atomic E-state index is 10.6. The number of rotatable bonds is 8. The molecule has 26 heavy (non-hydrogen) atoms. The van der Waals surface area contributed by atoms with Crippen molar-refractivity contribution in [2.45, 2.75) is 32.9 Å². The molecule has 0 spiro atoms. The normalized spacial score (nSPS) is 13.5. The molecule has 1 unspecified atom stereocenters. The summed E-state index contributed by atoms with van der Waals surface area (Å²) in [6.45, 7) is 8.12. The fraction of sp³-hybridized carbons (Fsp3) is 0.421. The first-order valence-electron chi connectivity index (χ1n) is 8.55. The summed E-state index contributed by atoms with van der Waals surface area (Å²) in [4.78, 5) is 5.53. The predicted molar refractivity (Wildman–Crippen MR) is 120 cm³/mol. The van der Waals surface area contributed by atoms with Crippen molar-refractivity contribution in [3.05, 3.63) is 52.2 Å². The molecule has 144 valence electrons. The topological polar surface area (TPSA) is 65.9 Å². The number of thiophene rings is 1. The second-order valence-corrected chi connectivity index (χ2v) is 6.83. The van der Waals surface area contributed by atoms with Crippen LogP contribution in [0.15, 0.2) is 46.8 Å². The molecule has 0 aliphatic heterocycles. The molecule has 2 rings (SSSR count). The molecule has 0 amide bonds. The fourth-order valence-electron chi connectivity index (χ4n) is 2.34. The second kappa shape index (κ2) is 11.4. The van der Waals surface area contributed by atoms with Crippen molar-refractivity contribution in [3.8, 4) is 5.75 Å². The van der Waals surface area contributed by atoms with Crippen LogP contribution in [0.25, 0.3) is 0 Å². The van der Waals surface area contributed by atoms with Gasteiger partial charge in [0.2, 0.25) is 0 Å². The lowest BCUT2D eigenvalue weighted by Crippen LogP contribution is -2.44. The number of nitrogens with zero attached hydrogens (tertiary/aromatic N) is 1. The maximum Gasteiger partial charge on any atom is 0.191 e. The minimum Gasteiger partial charge on any atom is -0.494 e. The highest BCUT2D eigenvalue weighted by atomic mass is 127. The first kappa shape index (κ1) is 22.7. The number of ether oxygens (including phenoxy) is 1. The largest absolute Gasteiger partial charge is 0.494 e. The van der Waals surface area contributed by atoms with Crippen LogP contribution in [0.2, 0.25) is 0 Å². The quantitative estimate of drug-likeness (QED) is 0.301. The van der Waals surface area contributed by atoms with Gasteiger partial charge in [-0.05, 0) is 49.9 Å². The summed E-state index contributed by atoms with van der Waals surface area (Å²) >= 11 is 1.55. The summed E-state index contributed by atoms with van der Waals surface area (Å²) < 4.78 is 5.52. The van der Waals surface area contributed by atoms with Crippen LogP contribution in [-0.4, -0.2) is 30.8 Å². The van der Waals surface area contributed by atoms with Gasteiger partial charge in [0.05, 0.1) is 19.7 Å². The Morgan fingerprint density at radius 3 is 2.69 bits per heavy atom. The Labute approximate surface area is 176 Å².